The zero-order chi connectivity index (χ0) is 23.4. The van der Waals surface area contributed by atoms with Crippen LogP contribution in [0.25, 0.3) is 0 Å². The van der Waals surface area contributed by atoms with Crippen molar-refractivity contribution in [3.63, 3.8) is 0 Å². The van der Waals surface area contributed by atoms with Gasteiger partial charge >= 0.3 is 6.18 Å². The normalized spacial score (nSPS) is 15.5. The van der Waals surface area contributed by atoms with E-state index in [4.69, 9.17) is 0 Å². The number of hydrogen-bond donors (Lipinski definition) is 1. The molecular formula is C22H30F3N3O3. The second-order valence-corrected chi connectivity index (χ2v) is 8.76. The van der Waals surface area contributed by atoms with E-state index in [9.17, 15) is 27.6 Å². The molecule has 31 heavy (non-hydrogen) atoms. The molecule has 0 radical (unpaired) electrons. The molecule has 0 aromatic heterocycles. The Morgan fingerprint density at radius 1 is 1.10 bits per heavy atom. The van der Waals surface area contributed by atoms with Crippen LogP contribution < -0.4 is 5.32 Å². The Kier molecular flexibility index (Phi) is 7.72. The molecule has 3 amide bonds. The second-order valence-electron chi connectivity index (χ2n) is 8.76. The molecule has 2 rings (SSSR count). The molecule has 1 aromatic rings. The third-order valence-electron chi connectivity index (χ3n) is 5.31. The maximum Gasteiger partial charge on any atom is 0.418 e. The average Bonchev–Trinajstić information content (AvgIpc) is 2.70. The summed E-state index contributed by atoms with van der Waals surface area (Å²) in [6, 6.07) is 4.73. The van der Waals surface area contributed by atoms with Crippen LogP contribution in [0.1, 0.15) is 46.1 Å². The van der Waals surface area contributed by atoms with Gasteiger partial charge in [-0.25, -0.2) is 0 Å². The summed E-state index contributed by atoms with van der Waals surface area (Å²) >= 11 is 0. The van der Waals surface area contributed by atoms with Crippen LogP contribution >= 0.6 is 0 Å². The van der Waals surface area contributed by atoms with Crippen LogP contribution in [0, 0.1) is 11.3 Å². The molecule has 1 saturated heterocycles. The topological polar surface area (TPSA) is 69.7 Å². The van der Waals surface area contributed by atoms with Gasteiger partial charge in [-0.05, 0) is 31.9 Å². The molecule has 1 aliphatic heterocycles. The third-order valence-corrected chi connectivity index (χ3v) is 5.31. The molecule has 0 saturated carbocycles. The van der Waals surface area contributed by atoms with E-state index in [0.29, 0.717) is 25.9 Å². The van der Waals surface area contributed by atoms with Crippen LogP contribution in [0.3, 0.4) is 0 Å². The predicted molar refractivity (Wildman–Crippen MR) is 111 cm³/mol. The number of halogens is 3. The number of carbonyl (C=O) groups is 3. The Labute approximate surface area is 180 Å². The van der Waals surface area contributed by atoms with E-state index < -0.39 is 23.1 Å². The third kappa shape index (κ3) is 6.45. The van der Waals surface area contributed by atoms with Gasteiger partial charge in [-0.3, -0.25) is 14.4 Å². The van der Waals surface area contributed by atoms with Crippen molar-refractivity contribution >= 4 is 23.4 Å². The monoisotopic (exact) mass is 441 g/mol. The van der Waals surface area contributed by atoms with E-state index in [1.807, 2.05) is 20.8 Å². The number of anilines is 1. The fourth-order valence-electron chi connectivity index (χ4n) is 3.61. The van der Waals surface area contributed by atoms with Crippen LogP contribution in [-0.4, -0.2) is 53.7 Å². The van der Waals surface area contributed by atoms with Crippen LogP contribution in [0.4, 0.5) is 18.9 Å². The fourth-order valence-corrected chi connectivity index (χ4v) is 3.61. The van der Waals surface area contributed by atoms with Crippen molar-refractivity contribution in [2.75, 3.05) is 31.5 Å². The van der Waals surface area contributed by atoms with Gasteiger partial charge in [-0.2, -0.15) is 13.2 Å². The Morgan fingerprint density at radius 3 is 2.19 bits per heavy atom. The lowest BCUT2D eigenvalue weighted by Crippen LogP contribution is -2.48. The largest absolute Gasteiger partial charge is 0.418 e. The van der Waals surface area contributed by atoms with Gasteiger partial charge in [0.25, 0.3) is 0 Å². The van der Waals surface area contributed by atoms with Crippen molar-refractivity contribution in [2.45, 2.75) is 46.7 Å². The Bertz CT molecular complexity index is 810. The highest BCUT2D eigenvalue weighted by Gasteiger charge is 2.35. The van der Waals surface area contributed by atoms with Crippen molar-refractivity contribution in [2.24, 2.45) is 11.3 Å². The van der Waals surface area contributed by atoms with Gasteiger partial charge in [0.1, 0.15) is 0 Å². The second kappa shape index (κ2) is 9.70. The van der Waals surface area contributed by atoms with Gasteiger partial charge in [0.15, 0.2) is 0 Å². The molecule has 0 bridgehead atoms. The highest BCUT2D eigenvalue weighted by Crippen LogP contribution is 2.34. The maximum absolute atomic E-state index is 13.1. The van der Waals surface area contributed by atoms with Crippen molar-refractivity contribution in [1.82, 2.24) is 9.80 Å². The summed E-state index contributed by atoms with van der Waals surface area (Å²) in [6.07, 6.45) is -3.60. The molecular weight excluding hydrogens is 411 g/mol. The number of nitrogens with zero attached hydrogens (tertiary/aromatic N) is 2. The van der Waals surface area contributed by atoms with Gasteiger partial charge in [0, 0.05) is 31.0 Å². The van der Waals surface area contributed by atoms with E-state index in [0.717, 1.165) is 6.07 Å². The number of alkyl halides is 3. The van der Waals surface area contributed by atoms with Crippen molar-refractivity contribution in [3.8, 4) is 0 Å². The van der Waals surface area contributed by atoms with Gasteiger partial charge < -0.3 is 15.1 Å². The smallest absolute Gasteiger partial charge is 0.342 e. The number of amides is 3. The first kappa shape index (κ1) is 24.7. The molecule has 1 aliphatic rings. The zero-order valence-electron chi connectivity index (χ0n) is 18.4. The first-order valence-corrected chi connectivity index (χ1v) is 10.4. The van der Waals surface area contributed by atoms with E-state index >= 15 is 0 Å². The molecule has 0 atom stereocenters. The molecule has 1 aromatic carbocycles. The van der Waals surface area contributed by atoms with Gasteiger partial charge in [-0.1, -0.05) is 32.9 Å². The van der Waals surface area contributed by atoms with E-state index in [1.54, 1.807) is 11.8 Å². The van der Waals surface area contributed by atoms with Crippen LogP contribution in [0.15, 0.2) is 24.3 Å². The standard InChI is InChI=1S/C22H30F3N3O3/c1-5-27(14-18(29)26-17-9-7-6-8-16(17)22(23,24)25)19(30)15-10-12-28(13-11-15)20(31)21(2,3)4/h6-9,15H,5,10-14H2,1-4H3,(H,26,29). The average molecular weight is 441 g/mol. The lowest BCUT2D eigenvalue weighted by molar-refractivity contribution is -0.145. The number of benzene rings is 1. The van der Waals surface area contributed by atoms with Crippen molar-refractivity contribution < 1.29 is 27.6 Å². The minimum absolute atomic E-state index is 0.0356. The lowest BCUT2D eigenvalue weighted by atomic mass is 9.90. The molecule has 1 heterocycles. The number of piperidine rings is 1. The maximum atomic E-state index is 13.1. The molecule has 0 unspecified atom stereocenters. The highest BCUT2D eigenvalue weighted by atomic mass is 19.4. The summed E-state index contributed by atoms with van der Waals surface area (Å²) in [7, 11) is 0. The number of para-hydroxylation sites is 1. The Hall–Kier alpha value is -2.58. The number of hydrogen-bond acceptors (Lipinski definition) is 3. The minimum Gasteiger partial charge on any atom is -0.342 e. The SMILES string of the molecule is CCN(CC(=O)Nc1ccccc1C(F)(F)F)C(=O)C1CCN(C(=O)C(C)(C)C)CC1. The molecule has 1 N–H and O–H groups in total. The van der Waals surface area contributed by atoms with E-state index in [1.165, 1.54) is 23.1 Å². The zero-order valence-corrected chi connectivity index (χ0v) is 18.4. The summed E-state index contributed by atoms with van der Waals surface area (Å²) in [6.45, 7) is 8.12. The molecule has 0 spiro atoms. The first-order chi connectivity index (χ1) is 14.3. The number of likely N-dealkylation sites (N-methyl/N-ethyl adjacent to an activating group) is 1. The molecule has 0 aliphatic carbocycles. The molecule has 9 heteroatoms. The fraction of sp³-hybridized carbons (Fsp3) is 0.591. The highest BCUT2D eigenvalue weighted by molar-refractivity contribution is 5.95. The van der Waals surface area contributed by atoms with Gasteiger partial charge in [0.2, 0.25) is 17.7 Å². The lowest BCUT2D eigenvalue weighted by Gasteiger charge is -2.36. The Balaban J connectivity index is 1.97. The summed E-state index contributed by atoms with van der Waals surface area (Å²) < 4.78 is 39.4. The van der Waals surface area contributed by atoms with Crippen LogP contribution in [0.5, 0.6) is 0 Å². The van der Waals surface area contributed by atoms with E-state index in [2.05, 4.69) is 5.32 Å². The number of nitrogens with one attached hydrogen (secondary N) is 1. The minimum atomic E-state index is -4.59. The number of likely N-dealkylation sites (tertiary alicyclic amines) is 1. The summed E-state index contributed by atoms with van der Waals surface area (Å²) in [5.74, 6) is -1.19. The summed E-state index contributed by atoms with van der Waals surface area (Å²) in [5, 5.41) is 2.27. The van der Waals surface area contributed by atoms with E-state index in [-0.39, 0.29) is 36.5 Å². The van der Waals surface area contributed by atoms with Crippen molar-refractivity contribution in [1.29, 1.82) is 0 Å². The summed E-state index contributed by atoms with van der Waals surface area (Å²) in [5.41, 5.74) is -1.76. The molecule has 6 nitrogen and oxygen atoms in total. The number of carbonyl (C=O) groups excluding carboxylic acids is 3. The quantitative estimate of drug-likeness (QED) is 0.756. The summed E-state index contributed by atoms with van der Waals surface area (Å²) in [4.78, 5) is 40.8. The van der Waals surface area contributed by atoms with Crippen LogP contribution in [-0.2, 0) is 20.6 Å². The molecule has 172 valence electrons. The Morgan fingerprint density at radius 2 is 1.68 bits per heavy atom. The molecule has 1 fully saturated rings. The number of rotatable bonds is 5. The first-order valence-electron chi connectivity index (χ1n) is 10.4. The predicted octanol–water partition coefficient (Wildman–Crippen LogP) is 3.78. The van der Waals surface area contributed by atoms with Gasteiger partial charge in [0.05, 0.1) is 17.8 Å². The van der Waals surface area contributed by atoms with Gasteiger partial charge in [-0.15, -0.1) is 0 Å². The van der Waals surface area contributed by atoms with Crippen molar-refractivity contribution in [3.05, 3.63) is 29.8 Å². The van der Waals surface area contributed by atoms with Crippen LogP contribution in [0.2, 0.25) is 0 Å².